The molecule has 4 nitrogen and oxygen atoms in total. The first-order chi connectivity index (χ1) is 10.7. The van der Waals surface area contributed by atoms with Gasteiger partial charge in [0.15, 0.2) is 0 Å². The number of benzene rings is 1. The lowest BCUT2D eigenvalue weighted by Gasteiger charge is -2.26. The first-order valence-electron chi connectivity index (χ1n) is 7.69. The Balaban J connectivity index is 2.20. The molecule has 2 aromatic rings. The van der Waals surface area contributed by atoms with E-state index in [0.717, 1.165) is 23.4 Å². The predicted octanol–water partition coefficient (Wildman–Crippen LogP) is 3.51. The van der Waals surface area contributed by atoms with E-state index in [9.17, 15) is 4.79 Å². The van der Waals surface area contributed by atoms with Crippen molar-refractivity contribution in [3.63, 3.8) is 0 Å². The number of carbonyl (C=O) groups is 1. The average Bonchev–Trinajstić information content (AvgIpc) is 3.05. The highest BCUT2D eigenvalue weighted by molar-refractivity contribution is 7.09. The molecule has 22 heavy (non-hydrogen) atoms. The van der Waals surface area contributed by atoms with Crippen molar-refractivity contribution in [2.75, 3.05) is 0 Å². The van der Waals surface area contributed by atoms with E-state index in [1.54, 1.807) is 5.38 Å². The van der Waals surface area contributed by atoms with Crippen molar-refractivity contribution < 1.29 is 4.79 Å². The number of nitrogens with zero attached hydrogens (tertiary/aromatic N) is 1. The topological polar surface area (TPSA) is 68.0 Å². The molecule has 0 aliphatic carbocycles. The van der Waals surface area contributed by atoms with Gasteiger partial charge in [0, 0.05) is 11.9 Å². The third-order valence-corrected chi connectivity index (χ3v) is 4.80. The Hall–Kier alpha value is -1.72. The van der Waals surface area contributed by atoms with E-state index in [4.69, 9.17) is 5.73 Å². The highest BCUT2D eigenvalue weighted by atomic mass is 32.1. The molecule has 1 amide bonds. The van der Waals surface area contributed by atoms with Gasteiger partial charge in [-0.1, -0.05) is 57.0 Å². The molecule has 1 aromatic heterocycles. The molecule has 0 bridgehead atoms. The molecule has 1 atom stereocenters. The number of rotatable bonds is 7. The molecule has 0 fully saturated rings. The molecule has 3 N–H and O–H groups in total. The number of hydrogen-bond donors (Lipinski definition) is 2. The Bertz CT molecular complexity index is 593. The monoisotopic (exact) mass is 317 g/mol. The molecule has 1 unspecified atom stereocenters. The number of thiazole rings is 1. The van der Waals surface area contributed by atoms with Crippen molar-refractivity contribution in [1.29, 1.82) is 0 Å². The van der Waals surface area contributed by atoms with Gasteiger partial charge in [0.2, 0.25) is 0 Å². The zero-order valence-electron chi connectivity index (χ0n) is 13.1. The van der Waals surface area contributed by atoms with Crippen molar-refractivity contribution in [3.8, 4) is 0 Å². The highest BCUT2D eigenvalue weighted by Crippen LogP contribution is 2.27. The minimum Gasteiger partial charge on any atom is -0.344 e. The summed E-state index contributed by atoms with van der Waals surface area (Å²) in [5.41, 5.74) is 7.16. The second kappa shape index (κ2) is 8.06. The van der Waals surface area contributed by atoms with Gasteiger partial charge in [-0.25, -0.2) is 4.98 Å². The van der Waals surface area contributed by atoms with Crippen molar-refractivity contribution >= 4 is 17.2 Å². The molecule has 118 valence electrons. The molecule has 1 aromatic carbocycles. The maximum Gasteiger partial charge on any atom is 0.271 e. The van der Waals surface area contributed by atoms with Gasteiger partial charge in [-0.2, -0.15) is 0 Å². The van der Waals surface area contributed by atoms with Gasteiger partial charge in [0.25, 0.3) is 5.91 Å². The number of nitrogens with one attached hydrogen (secondary N) is 1. The molecule has 5 heteroatoms. The summed E-state index contributed by atoms with van der Waals surface area (Å²) in [5.74, 6) is 0.274. The van der Waals surface area contributed by atoms with Gasteiger partial charge in [0.1, 0.15) is 10.7 Å². The molecule has 0 saturated heterocycles. The molecular formula is C17H23N3OS. The maximum absolute atomic E-state index is 12.5. The first kappa shape index (κ1) is 16.6. The summed E-state index contributed by atoms with van der Waals surface area (Å²) in [5, 5.41) is 5.71. The summed E-state index contributed by atoms with van der Waals surface area (Å²) in [6, 6.07) is 10.1. The summed E-state index contributed by atoms with van der Waals surface area (Å²) in [6.07, 6.45) is 2.03. The Morgan fingerprint density at radius 2 is 1.95 bits per heavy atom. The fraction of sp³-hybridized carbons (Fsp3) is 0.412. The lowest BCUT2D eigenvalue weighted by molar-refractivity contribution is 0.0915. The number of amides is 1. The van der Waals surface area contributed by atoms with Crippen LogP contribution in [0.2, 0.25) is 0 Å². The molecule has 0 aliphatic rings. The molecule has 0 radical (unpaired) electrons. The molecule has 0 spiro atoms. The van der Waals surface area contributed by atoms with Crippen LogP contribution in [-0.2, 0) is 6.54 Å². The van der Waals surface area contributed by atoms with Crippen LogP contribution in [0.5, 0.6) is 0 Å². The largest absolute Gasteiger partial charge is 0.344 e. The van der Waals surface area contributed by atoms with E-state index in [2.05, 4.69) is 36.3 Å². The van der Waals surface area contributed by atoms with E-state index in [1.165, 1.54) is 11.3 Å². The Morgan fingerprint density at radius 1 is 1.27 bits per heavy atom. The first-order valence-corrected chi connectivity index (χ1v) is 8.57. The van der Waals surface area contributed by atoms with Crippen LogP contribution >= 0.6 is 11.3 Å². The molecule has 2 rings (SSSR count). The van der Waals surface area contributed by atoms with E-state index in [1.807, 2.05) is 18.2 Å². The summed E-state index contributed by atoms with van der Waals surface area (Å²) >= 11 is 1.42. The van der Waals surface area contributed by atoms with E-state index < -0.39 is 0 Å². The van der Waals surface area contributed by atoms with Crippen molar-refractivity contribution in [2.45, 2.75) is 39.3 Å². The average molecular weight is 317 g/mol. The standard InChI is InChI=1S/C17H23N3OS/c1-3-12(4-2)16(13-8-6-5-7-9-13)20-17(21)14-11-22-15(10-18)19-14/h5-9,11-12,16H,3-4,10,18H2,1-2H3,(H,20,21). The van der Waals surface area contributed by atoms with Crippen LogP contribution in [0.25, 0.3) is 0 Å². The summed E-state index contributed by atoms with van der Waals surface area (Å²) in [6.45, 7) is 4.68. The number of hydrogen-bond acceptors (Lipinski definition) is 4. The maximum atomic E-state index is 12.5. The van der Waals surface area contributed by atoms with Crippen LogP contribution in [0.15, 0.2) is 35.7 Å². The van der Waals surface area contributed by atoms with Gasteiger partial charge in [-0.05, 0) is 11.5 Å². The second-order valence-electron chi connectivity index (χ2n) is 5.27. The van der Waals surface area contributed by atoms with Gasteiger partial charge in [-0.3, -0.25) is 4.79 Å². The normalized spacial score (nSPS) is 12.4. The third kappa shape index (κ3) is 3.93. The van der Waals surface area contributed by atoms with Gasteiger partial charge < -0.3 is 11.1 Å². The Labute approximate surface area is 135 Å². The summed E-state index contributed by atoms with van der Waals surface area (Å²) < 4.78 is 0. The second-order valence-corrected chi connectivity index (χ2v) is 6.21. The quantitative estimate of drug-likeness (QED) is 0.821. The van der Waals surface area contributed by atoms with Gasteiger partial charge in [-0.15, -0.1) is 11.3 Å². The van der Waals surface area contributed by atoms with E-state index in [-0.39, 0.29) is 11.9 Å². The summed E-state index contributed by atoms with van der Waals surface area (Å²) in [7, 11) is 0. The summed E-state index contributed by atoms with van der Waals surface area (Å²) in [4.78, 5) is 16.8. The van der Waals surface area contributed by atoms with Crippen LogP contribution in [0.3, 0.4) is 0 Å². The minimum absolute atomic E-state index is 0.00623. The smallest absolute Gasteiger partial charge is 0.271 e. The van der Waals surface area contributed by atoms with Gasteiger partial charge in [0.05, 0.1) is 6.04 Å². The van der Waals surface area contributed by atoms with Crippen LogP contribution in [-0.4, -0.2) is 10.9 Å². The van der Waals surface area contributed by atoms with Crippen LogP contribution in [0.1, 0.15) is 53.8 Å². The fourth-order valence-corrected chi connectivity index (χ4v) is 3.27. The SMILES string of the molecule is CCC(CC)C(NC(=O)c1csc(CN)n1)c1ccccc1. The van der Waals surface area contributed by atoms with E-state index in [0.29, 0.717) is 18.2 Å². The minimum atomic E-state index is -0.128. The molecule has 1 heterocycles. The van der Waals surface area contributed by atoms with Crippen molar-refractivity contribution in [1.82, 2.24) is 10.3 Å². The number of carbonyl (C=O) groups excluding carboxylic acids is 1. The molecule has 0 aliphatic heterocycles. The van der Waals surface area contributed by atoms with Gasteiger partial charge >= 0.3 is 0 Å². The Morgan fingerprint density at radius 3 is 2.50 bits per heavy atom. The fourth-order valence-electron chi connectivity index (χ4n) is 2.62. The number of nitrogens with two attached hydrogens (primary N) is 1. The zero-order chi connectivity index (χ0) is 15.9. The highest BCUT2D eigenvalue weighted by Gasteiger charge is 2.23. The zero-order valence-corrected chi connectivity index (χ0v) is 13.9. The predicted molar refractivity (Wildman–Crippen MR) is 90.7 cm³/mol. The lowest BCUT2D eigenvalue weighted by Crippen LogP contribution is -2.33. The van der Waals surface area contributed by atoms with Crippen LogP contribution in [0.4, 0.5) is 0 Å². The van der Waals surface area contributed by atoms with Crippen molar-refractivity contribution in [2.24, 2.45) is 11.7 Å². The van der Waals surface area contributed by atoms with Crippen molar-refractivity contribution in [3.05, 3.63) is 52.0 Å². The lowest BCUT2D eigenvalue weighted by atomic mass is 9.88. The van der Waals surface area contributed by atoms with Crippen LogP contribution < -0.4 is 11.1 Å². The molecular weight excluding hydrogens is 294 g/mol. The van der Waals surface area contributed by atoms with Crippen LogP contribution in [0, 0.1) is 5.92 Å². The van der Waals surface area contributed by atoms with E-state index >= 15 is 0 Å². The Kier molecular flexibility index (Phi) is 6.10. The third-order valence-electron chi connectivity index (χ3n) is 3.92. The number of aromatic nitrogens is 1. The molecule has 0 saturated carbocycles.